The maximum Gasteiger partial charge on any atom is 0.225 e. The van der Waals surface area contributed by atoms with E-state index in [0.717, 1.165) is 41.9 Å². The molecule has 1 aliphatic rings. The van der Waals surface area contributed by atoms with Crippen LogP contribution in [-0.2, 0) is 4.79 Å². The van der Waals surface area contributed by atoms with Crippen LogP contribution in [0.25, 0.3) is 11.0 Å². The van der Waals surface area contributed by atoms with E-state index in [9.17, 15) is 4.79 Å². The molecule has 1 unspecified atom stereocenters. The lowest BCUT2D eigenvalue weighted by Gasteiger charge is -2.10. The van der Waals surface area contributed by atoms with Crippen LogP contribution >= 0.6 is 24.8 Å². The predicted octanol–water partition coefficient (Wildman–Crippen LogP) is 2.80. The van der Waals surface area contributed by atoms with E-state index < -0.39 is 0 Å². The number of aromatic nitrogens is 2. The highest BCUT2D eigenvalue weighted by molar-refractivity contribution is 5.93. The van der Waals surface area contributed by atoms with Gasteiger partial charge in [0.05, 0.1) is 11.0 Å². The van der Waals surface area contributed by atoms with Crippen molar-refractivity contribution in [1.82, 2.24) is 15.3 Å². The van der Waals surface area contributed by atoms with Gasteiger partial charge < -0.3 is 15.6 Å². The Morgan fingerprint density at radius 2 is 2.24 bits per heavy atom. The lowest BCUT2D eigenvalue weighted by atomic mass is 10.1. The normalized spacial score (nSPS) is 17.1. The average Bonchev–Trinajstić information content (AvgIpc) is 2.96. The van der Waals surface area contributed by atoms with Gasteiger partial charge in [-0.15, -0.1) is 24.8 Å². The molecule has 1 atom stereocenters. The van der Waals surface area contributed by atoms with Gasteiger partial charge >= 0.3 is 0 Å². The molecule has 1 amide bonds. The molecular formula is C14H20Cl2N4O. The van der Waals surface area contributed by atoms with E-state index in [-0.39, 0.29) is 30.7 Å². The Bertz CT molecular complexity index is 608. The van der Waals surface area contributed by atoms with E-state index in [1.54, 1.807) is 0 Å². The Labute approximate surface area is 136 Å². The summed E-state index contributed by atoms with van der Waals surface area (Å²) in [6.07, 6.45) is 2.80. The molecule has 1 fully saturated rings. The number of hydrogen-bond donors (Lipinski definition) is 3. The molecule has 116 valence electrons. The Hall–Kier alpha value is -1.30. The zero-order valence-electron chi connectivity index (χ0n) is 11.8. The molecule has 0 aliphatic carbocycles. The van der Waals surface area contributed by atoms with Gasteiger partial charge in [0.25, 0.3) is 0 Å². The minimum atomic E-state index is 0. The summed E-state index contributed by atoms with van der Waals surface area (Å²) in [5.74, 6) is 0.948. The number of carbonyl (C=O) groups excluding carboxylic acids is 1. The van der Waals surface area contributed by atoms with Crippen LogP contribution < -0.4 is 10.6 Å². The minimum Gasteiger partial charge on any atom is -0.342 e. The van der Waals surface area contributed by atoms with Crippen LogP contribution in [0.3, 0.4) is 0 Å². The van der Waals surface area contributed by atoms with Gasteiger partial charge in [-0.05, 0) is 44.5 Å². The fourth-order valence-corrected chi connectivity index (χ4v) is 2.58. The molecule has 3 N–H and O–H groups in total. The molecule has 0 saturated carbocycles. The van der Waals surface area contributed by atoms with Crippen LogP contribution in [0.2, 0.25) is 0 Å². The zero-order valence-corrected chi connectivity index (χ0v) is 13.4. The molecule has 1 aromatic carbocycles. The monoisotopic (exact) mass is 330 g/mol. The number of H-pyrrole nitrogens is 1. The molecule has 1 saturated heterocycles. The first-order chi connectivity index (χ1) is 9.20. The van der Waals surface area contributed by atoms with Crippen molar-refractivity contribution in [3.05, 3.63) is 24.0 Å². The largest absolute Gasteiger partial charge is 0.342 e. The van der Waals surface area contributed by atoms with Crippen LogP contribution in [0.4, 0.5) is 5.69 Å². The third kappa shape index (κ3) is 4.33. The average molecular weight is 331 g/mol. The van der Waals surface area contributed by atoms with Gasteiger partial charge in [0.15, 0.2) is 0 Å². The Kier molecular flexibility index (Phi) is 6.45. The fourth-order valence-electron chi connectivity index (χ4n) is 2.58. The lowest BCUT2D eigenvalue weighted by molar-refractivity contribution is -0.116. The maximum absolute atomic E-state index is 11.9. The van der Waals surface area contributed by atoms with Crippen molar-refractivity contribution in [2.24, 2.45) is 0 Å². The van der Waals surface area contributed by atoms with Gasteiger partial charge in [-0.25, -0.2) is 4.98 Å². The van der Waals surface area contributed by atoms with Crippen LogP contribution in [-0.4, -0.2) is 28.5 Å². The molecule has 3 rings (SSSR count). The number of benzene rings is 1. The molecule has 2 heterocycles. The zero-order chi connectivity index (χ0) is 13.2. The number of amides is 1. The summed E-state index contributed by atoms with van der Waals surface area (Å²) < 4.78 is 0. The van der Waals surface area contributed by atoms with E-state index in [1.165, 1.54) is 0 Å². The smallest absolute Gasteiger partial charge is 0.225 e. The summed E-state index contributed by atoms with van der Waals surface area (Å²) in [4.78, 5) is 19.4. The van der Waals surface area contributed by atoms with Crippen molar-refractivity contribution in [3.63, 3.8) is 0 Å². The highest BCUT2D eigenvalue weighted by Crippen LogP contribution is 2.18. The Morgan fingerprint density at radius 1 is 1.43 bits per heavy atom. The first kappa shape index (κ1) is 17.8. The van der Waals surface area contributed by atoms with Crippen molar-refractivity contribution in [1.29, 1.82) is 0 Å². The predicted molar refractivity (Wildman–Crippen MR) is 89.6 cm³/mol. The maximum atomic E-state index is 11.9. The van der Waals surface area contributed by atoms with Gasteiger partial charge in [-0.2, -0.15) is 0 Å². The van der Waals surface area contributed by atoms with E-state index in [2.05, 4.69) is 20.6 Å². The van der Waals surface area contributed by atoms with Gasteiger partial charge in [0.2, 0.25) is 5.91 Å². The molecule has 0 bridgehead atoms. The first-order valence-electron chi connectivity index (χ1n) is 6.70. The number of imidazole rings is 1. The molecule has 21 heavy (non-hydrogen) atoms. The number of anilines is 1. The number of aromatic amines is 1. The SMILES string of the molecule is Cc1nc2ccc(NC(=O)CC3CCCN3)cc2[nH]1.Cl.Cl. The van der Waals surface area contributed by atoms with E-state index >= 15 is 0 Å². The summed E-state index contributed by atoms with van der Waals surface area (Å²) >= 11 is 0. The first-order valence-corrected chi connectivity index (χ1v) is 6.70. The van der Waals surface area contributed by atoms with E-state index in [0.29, 0.717) is 12.5 Å². The molecule has 1 aromatic heterocycles. The molecule has 2 aromatic rings. The molecular weight excluding hydrogens is 311 g/mol. The van der Waals surface area contributed by atoms with Crippen LogP contribution in [0.1, 0.15) is 25.1 Å². The van der Waals surface area contributed by atoms with Crippen LogP contribution in [0, 0.1) is 6.92 Å². The molecule has 1 aliphatic heterocycles. The van der Waals surface area contributed by atoms with Crippen molar-refractivity contribution in [2.45, 2.75) is 32.2 Å². The second-order valence-electron chi connectivity index (χ2n) is 5.10. The molecule has 5 nitrogen and oxygen atoms in total. The quantitative estimate of drug-likeness (QED) is 0.810. The Balaban J connectivity index is 0.00000110. The molecule has 7 heteroatoms. The van der Waals surface area contributed by atoms with E-state index in [4.69, 9.17) is 0 Å². The van der Waals surface area contributed by atoms with Gasteiger partial charge in [-0.1, -0.05) is 0 Å². The van der Waals surface area contributed by atoms with Crippen molar-refractivity contribution >= 4 is 47.4 Å². The number of rotatable bonds is 3. The third-order valence-electron chi connectivity index (χ3n) is 3.48. The lowest BCUT2D eigenvalue weighted by Crippen LogP contribution is -2.27. The van der Waals surface area contributed by atoms with E-state index in [1.807, 2.05) is 25.1 Å². The highest BCUT2D eigenvalue weighted by Gasteiger charge is 2.17. The third-order valence-corrected chi connectivity index (χ3v) is 3.48. The van der Waals surface area contributed by atoms with Crippen molar-refractivity contribution in [3.8, 4) is 0 Å². The number of halogens is 2. The van der Waals surface area contributed by atoms with Crippen molar-refractivity contribution in [2.75, 3.05) is 11.9 Å². The Morgan fingerprint density at radius 3 is 2.95 bits per heavy atom. The summed E-state index contributed by atoms with van der Waals surface area (Å²) in [5, 5.41) is 6.27. The summed E-state index contributed by atoms with van der Waals surface area (Å²) in [5.41, 5.74) is 2.70. The van der Waals surface area contributed by atoms with Gasteiger partial charge in [0, 0.05) is 18.2 Å². The number of fused-ring (bicyclic) bond motifs is 1. The highest BCUT2D eigenvalue weighted by atomic mass is 35.5. The number of nitrogens with one attached hydrogen (secondary N) is 3. The van der Waals surface area contributed by atoms with Crippen molar-refractivity contribution < 1.29 is 4.79 Å². The summed E-state index contributed by atoms with van der Waals surface area (Å²) in [6, 6.07) is 6.07. The molecule has 0 radical (unpaired) electrons. The fraction of sp³-hybridized carbons (Fsp3) is 0.429. The number of hydrogen-bond acceptors (Lipinski definition) is 3. The summed E-state index contributed by atoms with van der Waals surface area (Å²) in [6.45, 7) is 2.95. The second kappa shape index (κ2) is 7.64. The number of aryl methyl sites for hydroxylation is 1. The van der Waals surface area contributed by atoms with Crippen LogP contribution in [0.15, 0.2) is 18.2 Å². The molecule has 0 spiro atoms. The standard InChI is InChI=1S/C14H18N4O.2ClH/c1-9-16-12-5-4-11(7-13(12)17-9)18-14(19)8-10-3-2-6-15-10;;/h4-5,7,10,15H,2-3,6,8H2,1H3,(H,16,17)(H,18,19);2*1H. The summed E-state index contributed by atoms with van der Waals surface area (Å²) in [7, 11) is 0. The minimum absolute atomic E-state index is 0. The topological polar surface area (TPSA) is 69.8 Å². The van der Waals surface area contributed by atoms with Crippen LogP contribution in [0.5, 0.6) is 0 Å². The van der Waals surface area contributed by atoms with Gasteiger partial charge in [-0.3, -0.25) is 4.79 Å². The second-order valence-corrected chi connectivity index (χ2v) is 5.10. The number of carbonyl (C=O) groups is 1. The van der Waals surface area contributed by atoms with Gasteiger partial charge in [0.1, 0.15) is 5.82 Å². The number of nitrogens with zero attached hydrogens (tertiary/aromatic N) is 1.